The lowest BCUT2D eigenvalue weighted by Gasteiger charge is -2.13. The first kappa shape index (κ1) is 31.7. The molecule has 262 valence electrons. The third kappa shape index (κ3) is 5.58. The molecule has 0 N–H and O–H groups in total. The molecule has 0 bridgehead atoms. The van der Waals surface area contributed by atoms with E-state index in [-0.39, 0.29) is 0 Å². The van der Waals surface area contributed by atoms with Crippen LogP contribution in [0.25, 0.3) is 111 Å². The van der Waals surface area contributed by atoms with Crippen molar-refractivity contribution in [1.82, 2.24) is 24.9 Å². The fourth-order valence-electron chi connectivity index (χ4n) is 7.53. The fraction of sp³-hybridized carbons (Fsp3) is 0. The molecule has 0 radical (unpaired) electrons. The summed E-state index contributed by atoms with van der Waals surface area (Å²) in [5, 5.41) is 4.28. The van der Waals surface area contributed by atoms with Gasteiger partial charge in [0.05, 0.1) is 0 Å². The Morgan fingerprint density at radius 2 is 0.732 bits per heavy atom. The van der Waals surface area contributed by atoms with Crippen molar-refractivity contribution in [3.8, 4) is 67.5 Å². The Labute approximate surface area is 320 Å². The lowest BCUT2D eigenvalue weighted by molar-refractivity contribution is 0.668. The van der Waals surface area contributed by atoms with Gasteiger partial charge in [0.25, 0.3) is 0 Å². The number of furan rings is 2. The Kier molecular flexibility index (Phi) is 7.35. The smallest absolute Gasteiger partial charge is 0.165 e. The molecule has 0 aliphatic rings. The lowest BCUT2D eigenvalue weighted by Crippen LogP contribution is -2.01. The summed E-state index contributed by atoms with van der Waals surface area (Å²) in [7, 11) is 0. The quantitative estimate of drug-likeness (QED) is 0.169. The first-order valence-electron chi connectivity index (χ1n) is 18.4. The van der Waals surface area contributed by atoms with Crippen molar-refractivity contribution < 1.29 is 8.83 Å². The van der Waals surface area contributed by atoms with E-state index in [1.54, 1.807) is 18.6 Å². The minimum absolute atomic E-state index is 0.536. The summed E-state index contributed by atoms with van der Waals surface area (Å²) in [4.78, 5) is 24.0. The van der Waals surface area contributed by atoms with E-state index in [2.05, 4.69) is 88.8 Å². The number of para-hydroxylation sites is 2. The van der Waals surface area contributed by atoms with E-state index in [0.717, 1.165) is 93.9 Å². The van der Waals surface area contributed by atoms with Crippen LogP contribution in [-0.4, -0.2) is 24.9 Å². The van der Waals surface area contributed by atoms with Crippen LogP contribution < -0.4 is 0 Å². The molecule has 56 heavy (non-hydrogen) atoms. The van der Waals surface area contributed by atoms with Crippen LogP contribution in [0.3, 0.4) is 0 Å². The van der Waals surface area contributed by atoms with Crippen LogP contribution in [-0.2, 0) is 0 Å². The molecule has 0 fully saturated rings. The third-order valence-electron chi connectivity index (χ3n) is 10.3. The summed E-state index contributed by atoms with van der Waals surface area (Å²) in [6.07, 6.45) is 7.17. The average molecular weight is 720 g/mol. The summed E-state index contributed by atoms with van der Waals surface area (Å²) < 4.78 is 12.4. The Morgan fingerprint density at radius 1 is 0.286 bits per heavy atom. The van der Waals surface area contributed by atoms with Crippen molar-refractivity contribution >= 4 is 43.9 Å². The first-order valence-corrected chi connectivity index (χ1v) is 18.4. The van der Waals surface area contributed by atoms with Gasteiger partial charge in [0.2, 0.25) is 0 Å². The van der Waals surface area contributed by atoms with Gasteiger partial charge in [-0.1, -0.05) is 72.8 Å². The number of pyridine rings is 2. The van der Waals surface area contributed by atoms with Crippen molar-refractivity contribution in [2.24, 2.45) is 0 Å². The van der Waals surface area contributed by atoms with Gasteiger partial charge < -0.3 is 8.83 Å². The standard InChI is InChI=1S/C49H29N5O2/c1-3-14-43-39(12-1)41-26-31(16-18-45(41)55-43)36-23-37(32-17-19-46-42(27-32)40-13-2-4-15-44(40)56-46)25-38(24-36)49-53-47(52-48(54-49)35-11-7-21-51-29-35)33-9-5-8-30(22-33)34-10-6-20-50-28-34/h1-29H. The fourth-order valence-corrected chi connectivity index (χ4v) is 7.53. The highest BCUT2D eigenvalue weighted by molar-refractivity contribution is 6.07. The lowest BCUT2D eigenvalue weighted by atomic mass is 9.94. The summed E-state index contributed by atoms with van der Waals surface area (Å²) in [5.41, 5.74) is 12.1. The molecule has 7 heteroatoms. The molecule has 7 nitrogen and oxygen atoms in total. The minimum Gasteiger partial charge on any atom is -0.456 e. The largest absolute Gasteiger partial charge is 0.456 e. The molecule has 0 saturated carbocycles. The first-order chi connectivity index (χ1) is 27.7. The summed E-state index contributed by atoms with van der Waals surface area (Å²) in [6.45, 7) is 0. The van der Waals surface area contributed by atoms with Crippen LogP contribution in [0, 0.1) is 0 Å². The molecule has 6 aromatic carbocycles. The van der Waals surface area contributed by atoms with Gasteiger partial charge in [-0.05, 0) is 107 Å². The van der Waals surface area contributed by atoms with Gasteiger partial charge >= 0.3 is 0 Å². The van der Waals surface area contributed by atoms with Gasteiger partial charge in [0, 0.05) is 68.6 Å². The zero-order chi connectivity index (χ0) is 37.0. The SMILES string of the molecule is c1cncc(-c2cccc(-c3nc(-c4cccnc4)nc(-c4cc(-c5ccc6oc7ccccc7c6c5)cc(-c5ccc6oc7ccccc7c6c5)c4)n3)c2)c1. The molecule has 5 heterocycles. The predicted molar refractivity (Wildman–Crippen MR) is 223 cm³/mol. The van der Waals surface area contributed by atoms with Crippen molar-refractivity contribution in [2.45, 2.75) is 0 Å². The van der Waals surface area contributed by atoms with Crippen LogP contribution in [0.4, 0.5) is 0 Å². The van der Waals surface area contributed by atoms with Gasteiger partial charge in [-0.15, -0.1) is 0 Å². The molecule has 5 aromatic heterocycles. The van der Waals surface area contributed by atoms with Crippen LogP contribution in [0.1, 0.15) is 0 Å². The topological polar surface area (TPSA) is 90.7 Å². The Morgan fingerprint density at radius 3 is 1.32 bits per heavy atom. The average Bonchev–Trinajstić information content (AvgIpc) is 3.84. The highest BCUT2D eigenvalue weighted by Gasteiger charge is 2.17. The molecule has 0 aliphatic heterocycles. The number of nitrogens with zero attached hydrogens (tertiary/aromatic N) is 5. The molecule has 0 spiro atoms. The number of rotatable bonds is 6. The summed E-state index contributed by atoms with van der Waals surface area (Å²) >= 11 is 0. The summed E-state index contributed by atoms with van der Waals surface area (Å²) in [5.74, 6) is 1.65. The molecular formula is C49H29N5O2. The third-order valence-corrected chi connectivity index (χ3v) is 10.3. The summed E-state index contributed by atoms with van der Waals surface area (Å²) in [6, 6.07) is 51.7. The van der Waals surface area contributed by atoms with Crippen molar-refractivity contribution in [3.05, 3.63) is 176 Å². The van der Waals surface area contributed by atoms with E-state index in [9.17, 15) is 0 Å². The molecule has 0 aliphatic carbocycles. The number of hydrogen-bond acceptors (Lipinski definition) is 7. The zero-order valence-corrected chi connectivity index (χ0v) is 29.8. The molecular weight excluding hydrogens is 691 g/mol. The van der Waals surface area contributed by atoms with Gasteiger partial charge in [0.1, 0.15) is 22.3 Å². The van der Waals surface area contributed by atoms with Crippen molar-refractivity contribution in [1.29, 1.82) is 0 Å². The second-order valence-electron chi connectivity index (χ2n) is 13.8. The predicted octanol–water partition coefficient (Wildman–Crippen LogP) is 12.5. The number of aromatic nitrogens is 5. The maximum absolute atomic E-state index is 6.20. The number of fused-ring (bicyclic) bond motifs is 6. The van der Waals surface area contributed by atoms with E-state index in [0.29, 0.717) is 17.5 Å². The maximum atomic E-state index is 6.20. The molecule has 0 amide bonds. The normalized spacial score (nSPS) is 11.6. The molecule has 11 rings (SSSR count). The minimum atomic E-state index is 0.536. The molecule has 0 atom stereocenters. The van der Waals surface area contributed by atoms with Gasteiger partial charge in [-0.25, -0.2) is 15.0 Å². The molecule has 0 unspecified atom stereocenters. The zero-order valence-electron chi connectivity index (χ0n) is 29.8. The maximum Gasteiger partial charge on any atom is 0.165 e. The van der Waals surface area contributed by atoms with E-state index in [1.807, 2.05) is 79.0 Å². The monoisotopic (exact) mass is 719 g/mol. The van der Waals surface area contributed by atoms with E-state index >= 15 is 0 Å². The van der Waals surface area contributed by atoms with E-state index in [4.69, 9.17) is 23.8 Å². The Hall–Kier alpha value is -7.77. The second-order valence-corrected chi connectivity index (χ2v) is 13.8. The number of hydrogen-bond donors (Lipinski definition) is 0. The van der Waals surface area contributed by atoms with Gasteiger partial charge in [-0.3, -0.25) is 9.97 Å². The highest BCUT2D eigenvalue weighted by atomic mass is 16.3. The van der Waals surface area contributed by atoms with E-state index in [1.165, 1.54) is 0 Å². The van der Waals surface area contributed by atoms with Crippen molar-refractivity contribution in [2.75, 3.05) is 0 Å². The molecule has 11 aromatic rings. The molecule has 0 saturated heterocycles. The van der Waals surface area contributed by atoms with Gasteiger partial charge in [-0.2, -0.15) is 0 Å². The second kappa shape index (κ2) is 13.0. The Balaban J connectivity index is 1.13. The van der Waals surface area contributed by atoms with Gasteiger partial charge in [0.15, 0.2) is 17.5 Å². The van der Waals surface area contributed by atoms with Crippen molar-refractivity contribution in [3.63, 3.8) is 0 Å². The Bertz CT molecular complexity index is 3130. The number of benzene rings is 6. The van der Waals surface area contributed by atoms with E-state index < -0.39 is 0 Å². The van der Waals surface area contributed by atoms with Crippen LogP contribution in [0.2, 0.25) is 0 Å². The van der Waals surface area contributed by atoms with Crippen LogP contribution in [0.5, 0.6) is 0 Å². The van der Waals surface area contributed by atoms with Crippen LogP contribution >= 0.6 is 0 Å². The highest BCUT2D eigenvalue weighted by Crippen LogP contribution is 2.39. The van der Waals surface area contributed by atoms with Crippen LogP contribution in [0.15, 0.2) is 185 Å².